The third kappa shape index (κ3) is 1.84. The van der Waals surface area contributed by atoms with Crippen LogP contribution in [0.1, 0.15) is 20.8 Å². The van der Waals surface area contributed by atoms with E-state index in [4.69, 9.17) is 9.31 Å². The molecule has 1 saturated heterocycles. The van der Waals surface area contributed by atoms with Gasteiger partial charge in [0.25, 0.3) is 0 Å². The van der Waals surface area contributed by atoms with Crippen LogP contribution in [0.4, 0.5) is 0 Å². The second-order valence-electron chi connectivity index (χ2n) is 6.65. The number of benzene rings is 2. The Kier molecular flexibility index (Phi) is 2.90. The molecule has 112 valence electrons. The van der Waals surface area contributed by atoms with Gasteiger partial charge in [-0.2, -0.15) is 0 Å². The van der Waals surface area contributed by atoms with Crippen molar-refractivity contribution < 1.29 is 9.31 Å². The number of hydrogen-bond acceptors (Lipinski definition) is 2. The highest BCUT2D eigenvalue weighted by Crippen LogP contribution is 2.31. The van der Waals surface area contributed by atoms with Crippen LogP contribution in [0.3, 0.4) is 0 Å². The lowest BCUT2D eigenvalue weighted by atomic mass is 9.78. The zero-order valence-corrected chi connectivity index (χ0v) is 13.5. The van der Waals surface area contributed by atoms with Gasteiger partial charge >= 0.3 is 7.12 Å². The lowest BCUT2D eigenvalue weighted by molar-refractivity contribution is 0.0842. The van der Waals surface area contributed by atoms with Gasteiger partial charge in [-0.05, 0) is 26.8 Å². The summed E-state index contributed by atoms with van der Waals surface area (Å²) in [5.74, 6) is 0. The summed E-state index contributed by atoms with van der Waals surface area (Å²) in [5, 5.41) is 2.52. The standard InChI is InChI=1S/C18H20BNO2/c1-12-18(2,3)22-19(21-12)15-10-7-9-14-13-8-5-6-11-16(13)20(4)17(14)15/h5-12H,1-4H3. The van der Waals surface area contributed by atoms with Gasteiger partial charge in [-0.3, -0.25) is 0 Å². The van der Waals surface area contributed by atoms with Crippen molar-refractivity contribution >= 4 is 34.4 Å². The normalized spacial score (nSPS) is 21.1. The third-order valence-corrected chi connectivity index (χ3v) is 4.93. The highest BCUT2D eigenvalue weighted by molar-refractivity contribution is 6.65. The molecule has 4 heteroatoms. The zero-order chi connectivity index (χ0) is 15.5. The fourth-order valence-corrected chi connectivity index (χ4v) is 3.34. The van der Waals surface area contributed by atoms with E-state index < -0.39 is 0 Å². The predicted molar refractivity (Wildman–Crippen MR) is 91.5 cm³/mol. The summed E-state index contributed by atoms with van der Waals surface area (Å²) in [7, 11) is 1.80. The van der Waals surface area contributed by atoms with Crippen molar-refractivity contribution in [2.75, 3.05) is 0 Å². The number of hydrogen-bond donors (Lipinski definition) is 0. The molecule has 22 heavy (non-hydrogen) atoms. The van der Waals surface area contributed by atoms with E-state index in [9.17, 15) is 0 Å². The molecule has 3 aromatic rings. The number of aryl methyl sites for hydroxylation is 1. The maximum atomic E-state index is 6.17. The molecule has 2 aromatic carbocycles. The quantitative estimate of drug-likeness (QED) is 0.643. The van der Waals surface area contributed by atoms with Gasteiger partial charge in [0, 0.05) is 34.3 Å². The molecule has 1 fully saturated rings. The van der Waals surface area contributed by atoms with Crippen LogP contribution in [0.25, 0.3) is 21.8 Å². The third-order valence-electron chi connectivity index (χ3n) is 4.93. The summed E-state index contributed by atoms with van der Waals surface area (Å²) in [4.78, 5) is 0. The smallest absolute Gasteiger partial charge is 0.402 e. The second kappa shape index (κ2) is 4.61. The molecule has 0 aliphatic carbocycles. The van der Waals surface area contributed by atoms with E-state index in [-0.39, 0.29) is 18.8 Å². The van der Waals surface area contributed by atoms with Crippen molar-refractivity contribution in [3.63, 3.8) is 0 Å². The van der Waals surface area contributed by atoms with E-state index >= 15 is 0 Å². The van der Waals surface area contributed by atoms with Gasteiger partial charge in [0.15, 0.2) is 0 Å². The Morgan fingerprint density at radius 1 is 1.05 bits per heavy atom. The van der Waals surface area contributed by atoms with Gasteiger partial charge in [-0.15, -0.1) is 0 Å². The number of fused-ring (bicyclic) bond motifs is 3. The Morgan fingerprint density at radius 2 is 1.77 bits per heavy atom. The molecule has 0 N–H and O–H groups in total. The highest BCUT2D eigenvalue weighted by Gasteiger charge is 2.44. The molecule has 0 radical (unpaired) electrons. The van der Waals surface area contributed by atoms with Crippen LogP contribution < -0.4 is 5.46 Å². The lowest BCUT2D eigenvalue weighted by Gasteiger charge is -2.21. The number of nitrogens with zero attached hydrogens (tertiary/aromatic N) is 1. The Labute approximate surface area is 131 Å². The van der Waals surface area contributed by atoms with E-state index in [1.807, 2.05) is 0 Å². The first kappa shape index (κ1) is 13.9. The Hall–Kier alpha value is -1.78. The Bertz CT molecular complexity index is 868. The second-order valence-corrected chi connectivity index (χ2v) is 6.65. The Morgan fingerprint density at radius 3 is 2.50 bits per heavy atom. The van der Waals surface area contributed by atoms with Crippen molar-refractivity contribution in [3.05, 3.63) is 42.5 Å². The van der Waals surface area contributed by atoms with Crippen molar-refractivity contribution in [3.8, 4) is 0 Å². The molecule has 4 rings (SSSR count). The van der Waals surface area contributed by atoms with Crippen LogP contribution in [0.2, 0.25) is 0 Å². The minimum absolute atomic E-state index is 0.0717. The van der Waals surface area contributed by atoms with Gasteiger partial charge < -0.3 is 13.9 Å². The maximum absolute atomic E-state index is 6.17. The van der Waals surface area contributed by atoms with Crippen LogP contribution in [0, 0.1) is 0 Å². The molecule has 0 saturated carbocycles. The number of para-hydroxylation sites is 2. The van der Waals surface area contributed by atoms with Crippen molar-refractivity contribution in [2.24, 2.45) is 7.05 Å². The molecule has 1 aliphatic heterocycles. The van der Waals surface area contributed by atoms with Crippen LogP contribution in [0.5, 0.6) is 0 Å². The summed E-state index contributed by atoms with van der Waals surface area (Å²) < 4.78 is 14.5. The van der Waals surface area contributed by atoms with E-state index in [0.717, 1.165) is 5.46 Å². The van der Waals surface area contributed by atoms with E-state index in [0.29, 0.717) is 0 Å². The summed E-state index contributed by atoms with van der Waals surface area (Å²) in [6.45, 7) is 6.24. The summed E-state index contributed by atoms with van der Waals surface area (Å²) in [5.41, 5.74) is 3.26. The van der Waals surface area contributed by atoms with E-state index in [2.05, 4.69) is 74.9 Å². The number of aromatic nitrogens is 1. The summed E-state index contributed by atoms with van der Waals surface area (Å²) in [6, 6.07) is 14.9. The molecule has 1 aromatic heterocycles. The fraction of sp³-hybridized carbons (Fsp3) is 0.333. The van der Waals surface area contributed by atoms with E-state index in [1.54, 1.807) is 0 Å². The molecule has 0 amide bonds. The number of rotatable bonds is 1. The van der Waals surface area contributed by atoms with Gasteiger partial charge in [-0.25, -0.2) is 0 Å². The first-order valence-corrected chi connectivity index (χ1v) is 7.78. The molecular formula is C18H20BNO2. The summed E-state index contributed by atoms with van der Waals surface area (Å²) >= 11 is 0. The maximum Gasteiger partial charge on any atom is 0.496 e. The SMILES string of the molecule is CC1OB(c2cccc3c4ccccc4n(C)c23)OC1(C)C. The van der Waals surface area contributed by atoms with Gasteiger partial charge in [0.1, 0.15) is 0 Å². The minimum atomic E-state index is -0.309. The lowest BCUT2D eigenvalue weighted by Crippen LogP contribution is -2.35. The molecule has 2 heterocycles. The average Bonchev–Trinajstić information content (AvgIpc) is 2.95. The van der Waals surface area contributed by atoms with Crippen LogP contribution in [0.15, 0.2) is 42.5 Å². The van der Waals surface area contributed by atoms with Gasteiger partial charge in [0.05, 0.1) is 11.7 Å². The zero-order valence-electron chi connectivity index (χ0n) is 13.5. The predicted octanol–water partition coefficient (Wildman–Crippen LogP) is 3.24. The topological polar surface area (TPSA) is 23.4 Å². The average molecular weight is 293 g/mol. The van der Waals surface area contributed by atoms with Crippen molar-refractivity contribution in [2.45, 2.75) is 32.5 Å². The summed E-state index contributed by atoms with van der Waals surface area (Å²) in [6.07, 6.45) is 0.0717. The molecule has 1 unspecified atom stereocenters. The monoisotopic (exact) mass is 293 g/mol. The van der Waals surface area contributed by atoms with Crippen molar-refractivity contribution in [1.82, 2.24) is 4.57 Å². The molecule has 0 spiro atoms. The molecular weight excluding hydrogens is 273 g/mol. The molecule has 3 nitrogen and oxygen atoms in total. The molecule has 1 aliphatic rings. The van der Waals surface area contributed by atoms with Gasteiger partial charge in [0.2, 0.25) is 0 Å². The minimum Gasteiger partial charge on any atom is -0.402 e. The molecule has 1 atom stereocenters. The van der Waals surface area contributed by atoms with Crippen LogP contribution in [-0.2, 0) is 16.4 Å². The van der Waals surface area contributed by atoms with Gasteiger partial charge in [-0.1, -0.05) is 36.4 Å². The molecule has 0 bridgehead atoms. The first-order valence-electron chi connectivity index (χ1n) is 7.78. The van der Waals surface area contributed by atoms with E-state index in [1.165, 1.54) is 21.8 Å². The van der Waals surface area contributed by atoms with Crippen LogP contribution >= 0.6 is 0 Å². The fourth-order valence-electron chi connectivity index (χ4n) is 3.34. The Balaban J connectivity index is 1.96. The largest absolute Gasteiger partial charge is 0.496 e. The van der Waals surface area contributed by atoms with Crippen molar-refractivity contribution in [1.29, 1.82) is 0 Å². The van der Waals surface area contributed by atoms with Crippen LogP contribution in [-0.4, -0.2) is 23.4 Å². The highest BCUT2D eigenvalue weighted by atomic mass is 16.7. The first-order chi connectivity index (χ1) is 10.5.